The van der Waals surface area contributed by atoms with E-state index in [0.29, 0.717) is 19.7 Å². The van der Waals surface area contributed by atoms with Gasteiger partial charge in [-0.2, -0.15) is 0 Å². The molecule has 1 unspecified atom stereocenters. The van der Waals surface area contributed by atoms with Gasteiger partial charge in [0.05, 0.1) is 18.7 Å². The van der Waals surface area contributed by atoms with Gasteiger partial charge in [-0.25, -0.2) is 0 Å². The number of aliphatic imine (C=N–C) groups is 1. The summed E-state index contributed by atoms with van der Waals surface area (Å²) < 4.78 is 11.4. The van der Waals surface area contributed by atoms with Crippen molar-refractivity contribution in [3.8, 4) is 5.75 Å². The van der Waals surface area contributed by atoms with E-state index in [2.05, 4.69) is 29.5 Å². The van der Waals surface area contributed by atoms with Crippen LogP contribution in [-0.4, -0.2) is 44.4 Å². The van der Waals surface area contributed by atoms with Gasteiger partial charge >= 0.3 is 0 Å². The lowest BCUT2D eigenvalue weighted by Gasteiger charge is -2.21. The molecule has 1 aliphatic heterocycles. The summed E-state index contributed by atoms with van der Waals surface area (Å²) in [5.74, 6) is 1.70. The number of rotatable bonds is 7. The van der Waals surface area contributed by atoms with Crippen molar-refractivity contribution in [3.63, 3.8) is 0 Å². The molecule has 1 fully saturated rings. The number of halogens is 1. The topological polar surface area (TPSA) is 54.9 Å². The number of benzene rings is 1. The Morgan fingerprint density at radius 2 is 2.09 bits per heavy atom. The third-order valence-corrected chi connectivity index (χ3v) is 3.62. The minimum Gasteiger partial charge on any atom is -0.492 e. The smallest absolute Gasteiger partial charge is 0.191 e. The highest BCUT2D eigenvalue weighted by atomic mass is 127. The van der Waals surface area contributed by atoms with Gasteiger partial charge in [-0.1, -0.05) is 18.2 Å². The monoisotopic (exact) mass is 433 g/mol. The molecule has 130 valence electrons. The van der Waals surface area contributed by atoms with Crippen LogP contribution in [0.2, 0.25) is 0 Å². The SMILES string of the molecule is CCNC(=NCC1(C)CCCO1)NCCOc1ccccc1.I. The Bertz CT molecular complexity index is 462. The first-order valence-corrected chi connectivity index (χ1v) is 8.06. The molecule has 0 aromatic heterocycles. The fourth-order valence-electron chi connectivity index (χ4n) is 2.40. The van der Waals surface area contributed by atoms with Gasteiger partial charge < -0.3 is 20.1 Å². The first-order chi connectivity index (χ1) is 10.7. The van der Waals surface area contributed by atoms with Crippen LogP contribution in [-0.2, 0) is 4.74 Å². The first kappa shape index (κ1) is 20.0. The summed E-state index contributed by atoms with van der Waals surface area (Å²) in [6.45, 7) is 7.86. The van der Waals surface area contributed by atoms with E-state index in [4.69, 9.17) is 9.47 Å². The van der Waals surface area contributed by atoms with Gasteiger partial charge in [0, 0.05) is 13.2 Å². The summed E-state index contributed by atoms with van der Waals surface area (Å²) in [6, 6.07) is 9.83. The molecule has 1 atom stereocenters. The number of nitrogens with zero attached hydrogens (tertiary/aromatic N) is 1. The highest BCUT2D eigenvalue weighted by Crippen LogP contribution is 2.24. The predicted octanol–water partition coefficient (Wildman–Crippen LogP) is 2.81. The predicted molar refractivity (Wildman–Crippen MR) is 105 cm³/mol. The Labute approximate surface area is 156 Å². The van der Waals surface area contributed by atoms with E-state index in [1.165, 1.54) is 0 Å². The van der Waals surface area contributed by atoms with Crippen molar-refractivity contribution in [1.82, 2.24) is 10.6 Å². The minimum absolute atomic E-state index is 0. The fourth-order valence-corrected chi connectivity index (χ4v) is 2.40. The second-order valence-corrected chi connectivity index (χ2v) is 5.69. The summed E-state index contributed by atoms with van der Waals surface area (Å²) in [6.07, 6.45) is 2.20. The minimum atomic E-state index is -0.108. The molecule has 2 rings (SSSR count). The average molecular weight is 433 g/mol. The van der Waals surface area contributed by atoms with Crippen molar-refractivity contribution in [2.45, 2.75) is 32.3 Å². The summed E-state index contributed by atoms with van der Waals surface area (Å²) in [5.41, 5.74) is -0.108. The maximum atomic E-state index is 5.77. The Balaban J connectivity index is 0.00000264. The third kappa shape index (κ3) is 7.39. The third-order valence-electron chi connectivity index (χ3n) is 3.62. The molecule has 2 N–H and O–H groups in total. The zero-order valence-electron chi connectivity index (χ0n) is 14.0. The van der Waals surface area contributed by atoms with Gasteiger partial charge in [0.15, 0.2) is 5.96 Å². The van der Waals surface area contributed by atoms with E-state index < -0.39 is 0 Å². The molecule has 1 heterocycles. The Morgan fingerprint density at radius 1 is 1.30 bits per heavy atom. The van der Waals surface area contributed by atoms with Crippen LogP contribution in [0.5, 0.6) is 5.75 Å². The molecule has 23 heavy (non-hydrogen) atoms. The molecule has 0 bridgehead atoms. The number of hydrogen-bond acceptors (Lipinski definition) is 3. The molecule has 1 saturated heterocycles. The highest BCUT2D eigenvalue weighted by Gasteiger charge is 2.29. The van der Waals surface area contributed by atoms with Crippen LogP contribution < -0.4 is 15.4 Å². The molecule has 0 radical (unpaired) electrons. The van der Waals surface area contributed by atoms with Crippen molar-refractivity contribution in [2.75, 3.05) is 32.8 Å². The van der Waals surface area contributed by atoms with E-state index in [9.17, 15) is 0 Å². The van der Waals surface area contributed by atoms with Crippen LogP contribution in [0.25, 0.3) is 0 Å². The molecule has 6 heteroatoms. The summed E-state index contributed by atoms with van der Waals surface area (Å²) in [4.78, 5) is 4.63. The standard InChI is InChI=1S/C17H27N3O2.HI/c1-3-18-16(20-14-17(2)10-7-12-22-17)19-11-13-21-15-8-5-4-6-9-15;/h4-6,8-9H,3,7,10-14H2,1-2H3,(H2,18,19,20);1H. The highest BCUT2D eigenvalue weighted by molar-refractivity contribution is 14.0. The lowest BCUT2D eigenvalue weighted by Crippen LogP contribution is -2.40. The molecule has 1 aromatic carbocycles. The Morgan fingerprint density at radius 3 is 2.74 bits per heavy atom. The lowest BCUT2D eigenvalue weighted by atomic mass is 10.0. The number of guanidine groups is 1. The van der Waals surface area contributed by atoms with E-state index in [0.717, 1.165) is 37.7 Å². The number of ether oxygens (including phenoxy) is 2. The van der Waals surface area contributed by atoms with Crippen LogP contribution in [0.3, 0.4) is 0 Å². The molecular weight excluding hydrogens is 405 g/mol. The summed E-state index contributed by atoms with van der Waals surface area (Å²) in [7, 11) is 0. The largest absolute Gasteiger partial charge is 0.492 e. The van der Waals surface area contributed by atoms with Gasteiger partial charge in [0.2, 0.25) is 0 Å². The first-order valence-electron chi connectivity index (χ1n) is 8.06. The van der Waals surface area contributed by atoms with Gasteiger partial charge in [0.1, 0.15) is 12.4 Å². The fraction of sp³-hybridized carbons (Fsp3) is 0.588. The molecule has 0 spiro atoms. The number of para-hydroxylation sites is 1. The summed E-state index contributed by atoms with van der Waals surface area (Å²) in [5, 5.41) is 6.54. The van der Waals surface area contributed by atoms with Gasteiger partial charge in [-0.05, 0) is 38.8 Å². The van der Waals surface area contributed by atoms with Crippen LogP contribution in [0.4, 0.5) is 0 Å². The van der Waals surface area contributed by atoms with E-state index >= 15 is 0 Å². The van der Waals surface area contributed by atoms with Gasteiger partial charge in [-0.3, -0.25) is 4.99 Å². The quantitative estimate of drug-likeness (QED) is 0.301. The lowest BCUT2D eigenvalue weighted by molar-refractivity contribution is 0.0283. The number of nitrogens with one attached hydrogen (secondary N) is 2. The number of hydrogen-bond donors (Lipinski definition) is 2. The molecule has 1 aliphatic rings. The molecule has 0 aliphatic carbocycles. The Kier molecular flexibility index (Phi) is 9.31. The van der Waals surface area contributed by atoms with E-state index in [-0.39, 0.29) is 29.6 Å². The van der Waals surface area contributed by atoms with Crippen LogP contribution >= 0.6 is 24.0 Å². The normalized spacial score (nSPS) is 20.7. The van der Waals surface area contributed by atoms with Crippen LogP contribution in [0, 0.1) is 0 Å². The van der Waals surface area contributed by atoms with Gasteiger partial charge in [0.25, 0.3) is 0 Å². The van der Waals surface area contributed by atoms with Crippen LogP contribution in [0.1, 0.15) is 26.7 Å². The molecule has 0 amide bonds. The average Bonchev–Trinajstić information content (AvgIpc) is 2.97. The molecular formula is C17H28IN3O2. The van der Waals surface area contributed by atoms with Crippen molar-refractivity contribution in [2.24, 2.45) is 4.99 Å². The second-order valence-electron chi connectivity index (χ2n) is 5.69. The van der Waals surface area contributed by atoms with Crippen molar-refractivity contribution < 1.29 is 9.47 Å². The Hall–Kier alpha value is -1.02. The van der Waals surface area contributed by atoms with Crippen molar-refractivity contribution in [3.05, 3.63) is 30.3 Å². The van der Waals surface area contributed by atoms with Crippen molar-refractivity contribution >= 4 is 29.9 Å². The second kappa shape index (κ2) is 10.7. The van der Waals surface area contributed by atoms with Crippen molar-refractivity contribution in [1.29, 1.82) is 0 Å². The summed E-state index contributed by atoms with van der Waals surface area (Å²) >= 11 is 0. The molecule has 1 aromatic rings. The molecule has 0 saturated carbocycles. The maximum Gasteiger partial charge on any atom is 0.191 e. The van der Waals surface area contributed by atoms with Crippen LogP contribution in [0.15, 0.2) is 35.3 Å². The van der Waals surface area contributed by atoms with E-state index in [1.807, 2.05) is 30.3 Å². The zero-order valence-corrected chi connectivity index (χ0v) is 16.3. The zero-order chi connectivity index (χ0) is 15.7. The molecule has 5 nitrogen and oxygen atoms in total. The van der Waals surface area contributed by atoms with E-state index in [1.54, 1.807) is 0 Å². The maximum absolute atomic E-state index is 5.77. The van der Waals surface area contributed by atoms with Gasteiger partial charge in [-0.15, -0.1) is 24.0 Å².